The van der Waals surface area contributed by atoms with Gasteiger partial charge in [-0.05, 0) is 18.2 Å². The van der Waals surface area contributed by atoms with Crippen LogP contribution in [0.4, 0.5) is 4.39 Å². The van der Waals surface area contributed by atoms with Gasteiger partial charge in [-0.3, -0.25) is 9.78 Å². The lowest BCUT2D eigenvalue weighted by Crippen LogP contribution is -2.30. The van der Waals surface area contributed by atoms with Crippen LogP contribution in [0, 0.1) is 5.82 Å². The van der Waals surface area contributed by atoms with Crippen molar-refractivity contribution in [3.8, 4) is 0 Å². The molecule has 1 unspecified atom stereocenters. The molecule has 0 aromatic carbocycles. The highest BCUT2D eigenvalue weighted by atomic mass is 19.1. The lowest BCUT2D eigenvalue weighted by Gasteiger charge is -2.13. The van der Waals surface area contributed by atoms with Gasteiger partial charge in [0.2, 0.25) is 0 Å². The molecular weight excluding hydrogens is 239 g/mol. The second-order valence-corrected chi connectivity index (χ2v) is 3.62. The number of carbonyl (C=O) groups excluding carboxylic acids is 1. The third-order valence-electron chi connectivity index (χ3n) is 2.34. The highest BCUT2D eigenvalue weighted by Gasteiger charge is 2.17. The number of aliphatic hydroxyl groups is 1. The zero-order chi connectivity index (χ0) is 13.0. The van der Waals surface area contributed by atoms with Crippen LogP contribution in [0.15, 0.2) is 41.3 Å². The lowest BCUT2D eigenvalue weighted by atomic mass is 10.2. The van der Waals surface area contributed by atoms with Crippen molar-refractivity contribution in [3.05, 3.63) is 54.0 Å². The fourth-order valence-corrected chi connectivity index (χ4v) is 1.47. The van der Waals surface area contributed by atoms with Crippen molar-refractivity contribution in [2.45, 2.75) is 6.04 Å². The van der Waals surface area contributed by atoms with Gasteiger partial charge >= 0.3 is 0 Å². The molecule has 2 rings (SSSR count). The molecule has 0 aliphatic heterocycles. The Balaban J connectivity index is 2.11. The van der Waals surface area contributed by atoms with E-state index in [9.17, 15) is 14.3 Å². The Morgan fingerprint density at radius 1 is 1.56 bits per heavy atom. The van der Waals surface area contributed by atoms with Gasteiger partial charge in [0, 0.05) is 6.20 Å². The van der Waals surface area contributed by atoms with Crippen LogP contribution in [0.2, 0.25) is 0 Å². The molecule has 0 spiro atoms. The molecule has 0 saturated heterocycles. The number of halogens is 1. The number of aliphatic hydroxyl groups excluding tert-OH is 1. The van der Waals surface area contributed by atoms with E-state index in [1.165, 1.54) is 12.5 Å². The molecule has 0 fully saturated rings. The van der Waals surface area contributed by atoms with Gasteiger partial charge in [-0.2, -0.15) is 0 Å². The molecule has 6 heteroatoms. The molecule has 2 heterocycles. The lowest BCUT2D eigenvalue weighted by molar-refractivity contribution is 0.0906. The van der Waals surface area contributed by atoms with Gasteiger partial charge in [-0.1, -0.05) is 0 Å². The third-order valence-corrected chi connectivity index (χ3v) is 2.34. The van der Waals surface area contributed by atoms with Crippen molar-refractivity contribution >= 4 is 5.91 Å². The molecule has 0 bridgehead atoms. The normalized spacial score (nSPS) is 12.1. The Hall–Kier alpha value is -2.21. The van der Waals surface area contributed by atoms with E-state index in [-0.39, 0.29) is 12.2 Å². The maximum absolute atomic E-state index is 12.9. The summed E-state index contributed by atoms with van der Waals surface area (Å²) in [6.07, 6.45) is 3.69. The molecule has 1 amide bonds. The van der Waals surface area contributed by atoms with E-state index in [4.69, 9.17) is 4.42 Å². The zero-order valence-electron chi connectivity index (χ0n) is 9.34. The van der Waals surface area contributed by atoms with Gasteiger partial charge in [0.15, 0.2) is 0 Å². The molecule has 18 heavy (non-hydrogen) atoms. The molecule has 94 valence electrons. The first-order valence-electron chi connectivity index (χ1n) is 5.26. The van der Waals surface area contributed by atoms with Crippen LogP contribution >= 0.6 is 0 Å². The van der Waals surface area contributed by atoms with Gasteiger partial charge in [0.05, 0.1) is 24.6 Å². The summed E-state index contributed by atoms with van der Waals surface area (Å²) >= 11 is 0. The van der Waals surface area contributed by atoms with Crippen LogP contribution in [0.25, 0.3) is 0 Å². The largest absolute Gasteiger partial charge is 0.467 e. The average molecular weight is 250 g/mol. The van der Waals surface area contributed by atoms with Gasteiger partial charge in [-0.15, -0.1) is 0 Å². The molecule has 2 aromatic heterocycles. The number of nitrogens with zero attached hydrogens (tertiary/aromatic N) is 1. The van der Waals surface area contributed by atoms with Crippen molar-refractivity contribution in [2.75, 3.05) is 6.61 Å². The summed E-state index contributed by atoms with van der Waals surface area (Å²) in [4.78, 5) is 15.4. The fourth-order valence-electron chi connectivity index (χ4n) is 1.47. The van der Waals surface area contributed by atoms with E-state index >= 15 is 0 Å². The Labute approximate surface area is 102 Å². The van der Waals surface area contributed by atoms with E-state index in [0.717, 1.165) is 12.3 Å². The number of rotatable bonds is 4. The Bertz CT molecular complexity index is 528. The van der Waals surface area contributed by atoms with Crippen molar-refractivity contribution in [1.29, 1.82) is 0 Å². The molecule has 1 atom stereocenters. The van der Waals surface area contributed by atoms with E-state index in [2.05, 4.69) is 10.3 Å². The van der Waals surface area contributed by atoms with Crippen LogP contribution < -0.4 is 5.32 Å². The van der Waals surface area contributed by atoms with Crippen molar-refractivity contribution in [1.82, 2.24) is 10.3 Å². The first-order chi connectivity index (χ1) is 8.70. The number of carbonyl (C=O) groups is 1. The summed E-state index contributed by atoms with van der Waals surface area (Å²) < 4.78 is 18.0. The van der Waals surface area contributed by atoms with E-state index < -0.39 is 17.8 Å². The Kier molecular flexibility index (Phi) is 3.69. The molecule has 2 aromatic rings. The minimum absolute atomic E-state index is 0.0833. The van der Waals surface area contributed by atoms with Crippen molar-refractivity contribution < 1.29 is 18.7 Å². The summed E-state index contributed by atoms with van der Waals surface area (Å²) in [6, 6.07) is 3.67. The van der Waals surface area contributed by atoms with Crippen LogP contribution in [0.5, 0.6) is 0 Å². The highest BCUT2D eigenvalue weighted by molar-refractivity contribution is 5.94. The second-order valence-electron chi connectivity index (χ2n) is 3.62. The summed E-state index contributed by atoms with van der Waals surface area (Å²) in [5.74, 6) is -0.700. The molecule has 0 aliphatic rings. The first kappa shape index (κ1) is 12.3. The standard InChI is InChI=1S/C12H11FN2O3/c13-9-4-8(5-14-6-9)12(17)15-10(7-16)11-2-1-3-18-11/h1-6,10,16H,7H2,(H,15,17). The van der Waals surface area contributed by atoms with Gasteiger partial charge < -0.3 is 14.8 Å². The van der Waals surface area contributed by atoms with Crippen LogP contribution in [-0.2, 0) is 0 Å². The molecule has 0 saturated carbocycles. The van der Waals surface area contributed by atoms with Crippen LogP contribution in [0.3, 0.4) is 0 Å². The van der Waals surface area contributed by atoms with Gasteiger partial charge in [-0.25, -0.2) is 4.39 Å². The first-order valence-corrected chi connectivity index (χ1v) is 5.26. The van der Waals surface area contributed by atoms with E-state index in [1.54, 1.807) is 12.1 Å². The van der Waals surface area contributed by atoms with Crippen LogP contribution in [0.1, 0.15) is 22.2 Å². The second kappa shape index (κ2) is 5.42. The molecule has 5 nitrogen and oxygen atoms in total. The van der Waals surface area contributed by atoms with E-state index in [1.807, 2.05) is 0 Å². The van der Waals surface area contributed by atoms with Crippen molar-refractivity contribution in [3.63, 3.8) is 0 Å². The van der Waals surface area contributed by atoms with Gasteiger partial charge in [0.25, 0.3) is 5.91 Å². The summed E-state index contributed by atoms with van der Waals surface area (Å²) in [5, 5.41) is 11.7. The summed E-state index contributed by atoms with van der Waals surface area (Å²) in [7, 11) is 0. The summed E-state index contributed by atoms with van der Waals surface area (Å²) in [6.45, 7) is -0.317. The maximum Gasteiger partial charge on any atom is 0.253 e. The molecule has 0 radical (unpaired) electrons. The number of hydrogen-bond acceptors (Lipinski definition) is 4. The zero-order valence-corrected chi connectivity index (χ0v) is 9.34. The maximum atomic E-state index is 12.9. The minimum atomic E-state index is -0.671. The topological polar surface area (TPSA) is 75.4 Å². The average Bonchev–Trinajstić information content (AvgIpc) is 2.89. The van der Waals surface area contributed by atoms with Gasteiger partial charge in [0.1, 0.15) is 17.6 Å². The van der Waals surface area contributed by atoms with Crippen LogP contribution in [-0.4, -0.2) is 22.6 Å². The number of pyridine rings is 1. The number of hydrogen-bond donors (Lipinski definition) is 2. The SMILES string of the molecule is O=C(NC(CO)c1ccco1)c1cncc(F)c1. The minimum Gasteiger partial charge on any atom is -0.467 e. The molecular formula is C12H11FN2O3. The predicted octanol–water partition coefficient (Wildman–Crippen LogP) is 1.28. The third kappa shape index (κ3) is 2.72. The highest BCUT2D eigenvalue weighted by Crippen LogP contribution is 2.13. The number of aromatic nitrogens is 1. The molecule has 2 N–H and O–H groups in total. The Morgan fingerprint density at radius 3 is 3.00 bits per heavy atom. The number of furan rings is 1. The smallest absolute Gasteiger partial charge is 0.253 e. The fraction of sp³-hybridized carbons (Fsp3) is 0.167. The molecule has 0 aliphatic carbocycles. The van der Waals surface area contributed by atoms with Crippen molar-refractivity contribution in [2.24, 2.45) is 0 Å². The number of amides is 1. The Morgan fingerprint density at radius 2 is 2.39 bits per heavy atom. The number of nitrogens with one attached hydrogen (secondary N) is 1. The monoisotopic (exact) mass is 250 g/mol. The summed E-state index contributed by atoms with van der Waals surface area (Å²) in [5.41, 5.74) is 0.0833. The predicted molar refractivity (Wildman–Crippen MR) is 60.2 cm³/mol. The van der Waals surface area contributed by atoms with E-state index in [0.29, 0.717) is 5.76 Å². The quantitative estimate of drug-likeness (QED) is 0.857.